The van der Waals surface area contributed by atoms with E-state index in [1.165, 1.54) is 0 Å². The number of nitrogens with one attached hydrogen (secondary N) is 1. The van der Waals surface area contributed by atoms with Crippen molar-refractivity contribution in [3.05, 3.63) is 0 Å². The molecule has 0 bridgehead atoms. The normalized spacial score (nSPS) is 27.0. The molecule has 1 saturated carbocycles. The maximum absolute atomic E-state index is 12.6. The Bertz CT molecular complexity index is 381. The van der Waals surface area contributed by atoms with Crippen molar-refractivity contribution in [1.82, 2.24) is 15.1 Å². The molecule has 2 rings (SSSR count). The standard InChI is InChI=1S/C17H31N3O2/c1-4-19-9-11-20(12-10-19)17(22)15-7-5-14(6-8-15)16(21)18-13(2)3/h13-15H,4-12H2,1-3H3,(H,18,21). The van der Waals surface area contributed by atoms with Crippen LogP contribution >= 0.6 is 0 Å². The average molecular weight is 309 g/mol. The fourth-order valence-corrected chi connectivity index (χ4v) is 3.55. The number of piperazine rings is 1. The van der Waals surface area contributed by atoms with Crippen LogP contribution in [0.2, 0.25) is 0 Å². The number of nitrogens with zero attached hydrogens (tertiary/aromatic N) is 2. The van der Waals surface area contributed by atoms with E-state index in [4.69, 9.17) is 0 Å². The van der Waals surface area contributed by atoms with E-state index in [2.05, 4.69) is 17.1 Å². The van der Waals surface area contributed by atoms with E-state index < -0.39 is 0 Å². The molecule has 1 heterocycles. The van der Waals surface area contributed by atoms with Gasteiger partial charge in [0, 0.05) is 44.1 Å². The summed E-state index contributed by atoms with van der Waals surface area (Å²) >= 11 is 0. The summed E-state index contributed by atoms with van der Waals surface area (Å²) in [6, 6.07) is 0.196. The van der Waals surface area contributed by atoms with E-state index in [0.29, 0.717) is 5.91 Å². The third-order valence-electron chi connectivity index (χ3n) is 5.01. The van der Waals surface area contributed by atoms with Crippen molar-refractivity contribution >= 4 is 11.8 Å². The van der Waals surface area contributed by atoms with Crippen molar-refractivity contribution < 1.29 is 9.59 Å². The van der Waals surface area contributed by atoms with Crippen LogP contribution in [0.3, 0.4) is 0 Å². The lowest BCUT2D eigenvalue weighted by atomic mass is 9.80. The van der Waals surface area contributed by atoms with Gasteiger partial charge in [-0.2, -0.15) is 0 Å². The van der Waals surface area contributed by atoms with Crippen LogP contribution in [0.4, 0.5) is 0 Å². The topological polar surface area (TPSA) is 52.7 Å². The summed E-state index contributed by atoms with van der Waals surface area (Å²) in [7, 11) is 0. The Balaban J connectivity index is 1.77. The van der Waals surface area contributed by atoms with Gasteiger partial charge in [0.05, 0.1) is 0 Å². The molecule has 0 aromatic carbocycles. The van der Waals surface area contributed by atoms with Crippen LogP contribution < -0.4 is 5.32 Å². The van der Waals surface area contributed by atoms with Crippen molar-refractivity contribution in [3.63, 3.8) is 0 Å². The van der Waals surface area contributed by atoms with Crippen molar-refractivity contribution in [2.24, 2.45) is 11.8 Å². The highest BCUT2D eigenvalue weighted by atomic mass is 16.2. The van der Waals surface area contributed by atoms with E-state index in [1.807, 2.05) is 18.7 Å². The molecule has 22 heavy (non-hydrogen) atoms. The number of hydrogen-bond acceptors (Lipinski definition) is 3. The number of rotatable bonds is 4. The highest BCUT2D eigenvalue weighted by Gasteiger charge is 2.33. The van der Waals surface area contributed by atoms with Gasteiger partial charge in [0.2, 0.25) is 11.8 Å². The SMILES string of the molecule is CCN1CCN(C(=O)C2CCC(C(=O)NC(C)C)CC2)CC1. The minimum atomic E-state index is 0.100. The van der Waals surface area contributed by atoms with Gasteiger partial charge in [-0.15, -0.1) is 0 Å². The first kappa shape index (κ1) is 17.3. The molecule has 0 aromatic rings. The smallest absolute Gasteiger partial charge is 0.225 e. The fourth-order valence-electron chi connectivity index (χ4n) is 3.55. The van der Waals surface area contributed by atoms with Crippen molar-refractivity contribution in [2.75, 3.05) is 32.7 Å². The average Bonchev–Trinajstić information content (AvgIpc) is 2.54. The molecule has 0 atom stereocenters. The molecule has 126 valence electrons. The van der Waals surface area contributed by atoms with E-state index in [-0.39, 0.29) is 23.8 Å². The lowest BCUT2D eigenvalue weighted by molar-refractivity contribution is -0.140. The molecule has 5 nitrogen and oxygen atoms in total. The van der Waals surface area contributed by atoms with E-state index >= 15 is 0 Å². The van der Waals surface area contributed by atoms with Crippen LogP contribution in [0.1, 0.15) is 46.5 Å². The maximum Gasteiger partial charge on any atom is 0.225 e. The van der Waals surface area contributed by atoms with E-state index in [9.17, 15) is 9.59 Å². The number of carbonyl (C=O) groups is 2. The lowest BCUT2D eigenvalue weighted by Crippen LogP contribution is -2.50. The molecule has 0 aromatic heterocycles. The van der Waals surface area contributed by atoms with Gasteiger partial charge in [0.1, 0.15) is 0 Å². The predicted octanol–water partition coefficient (Wildman–Crippen LogP) is 1.48. The maximum atomic E-state index is 12.6. The first-order chi connectivity index (χ1) is 10.5. The largest absolute Gasteiger partial charge is 0.354 e. The molecule has 2 amide bonds. The number of carbonyl (C=O) groups excluding carboxylic acids is 2. The van der Waals surface area contributed by atoms with Crippen LogP contribution in [-0.2, 0) is 9.59 Å². The highest BCUT2D eigenvalue weighted by Crippen LogP contribution is 2.30. The molecule has 1 saturated heterocycles. The van der Waals surface area contributed by atoms with Crippen molar-refractivity contribution in [2.45, 2.75) is 52.5 Å². The van der Waals surface area contributed by atoms with Gasteiger partial charge < -0.3 is 15.1 Å². The molecule has 0 unspecified atom stereocenters. The van der Waals surface area contributed by atoms with Crippen molar-refractivity contribution in [3.8, 4) is 0 Å². The van der Waals surface area contributed by atoms with Gasteiger partial charge in [0.15, 0.2) is 0 Å². The Morgan fingerprint density at radius 2 is 1.55 bits per heavy atom. The van der Waals surface area contributed by atoms with Gasteiger partial charge in [-0.1, -0.05) is 6.92 Å². The molecule has 0 radical (unpaired) electrons. The zero-order valence-electron chi connectivity index (χ0n) is 14.3. The molecule has 0 spiro atoms. The Labute approximate surface area is 134 Å². The Morgan fingerprint density at radius 1 is 1.00 bits per heavy atom. The van der Waals surface area contributed by atoms with Gasteiger partial charge in [-0.25, -0.2) is 0 Å². The van der Waals surface area contributed by atoms with Crippen LogP contribution in [0.5, 0.6) is 0 Å². The van der Waals surface area contributed by atoms with Gasteiger partial charge in [0.25, 0.3) is 0 Å². The second-order valence-electron chi connectivity index (χ2n) is 6.97. The monoisotopic (exact) mass is 309 g/mol. The quantitative estimate of drug-likeness (QED) is 0.856. The van der Waals surface area contributed by atoms with Gasteiger partial charge in [-0.05, 0) is 46.1 Å². The summed E-state index contributed by atoms with van der Waals surface area (Å²) in [4.78, 5) is 29.1. The highest BCUT2D eigenvalue weighted by molar-refractivity contribution is 5.81. The fraction of sp³-hybridized carbons (Fsp3) is 0.882. The minimum Gasteiger partial charge on any atom is -0.354 e. The molecule has 1 N–H and O–H groups in total. The second kappa shape index (κ2) is 7.95. The summed E-state index contributed by atoms with van der Waals surface area (Å²) in [5.74, 6) is 0.718. The summed E-state index contributed by atoms with van der Waals surface area (Å²) < 4.78 is 0. The zero-order chi connectivity index (χ0) is 16.1. The van der Waals surface area contributed by atoms with Crippen LogP contribution in [0.15, 0.2) is 0 Å². The lowest BCUT2D eigenvalue weighted by Gasteiger charge is -2.37. The zero-order valence-corrected chi connectivity index (χ0v) is 14.3. The number of hydrogen-bond donors (Lipinski definition) is 1. The van der Waals surface area contributed by atoms with Crippen LogP contribution in [0, 0.1) is 11.8 Å². The Kier molecular flexibility index (Phi) is 6.24. The third-order valence-corrected chi connectivity index (χ3v) is 5.01. The molecule has 1 aliphatic carbocycles. The van der Waals surface area contributed by atoms with Crippen LogP contribution in [-0.4, -0.2) is 60.4 Å². The predicted molar refractivity (Wildman–Crippen MR) is 87.4 cm³/mol. The van der Waals surface area contributed by atoms with Gasteiger partial charge in [-0.3, -0.25) is 9.59 Å². The Morgan fingerprint density at radius 3 is 2.05 bits per heavy atom. The van der Waals surface area contributed by atoms with E-state index in [0.717, 1.165) is 58.4 Å². The summed E-state index contributed by atoms with van der Waals surface area (Å²) in [6.07, 6.45) is 3.43. The minimum absolute atomic E-state index is 0.100. The van der Waals surface area contributed by atoms with Crippen LogP contribution in [0.25, 0.3) is 0 Å². The third kappa shape index (κ3) is 4.45. The van der Waals surface area contributed by atoms with E-state index in [1.54, 1.807) is 0 Å². The van der Waals surface area contributed by atoms with Gasteiger partial charge >= 0.3 is 0 Å². The van der Waals surface area contributed by atoms with Crippen molar-refractivity contribution in [1.29, 1.82) is 0 Å². The summed E-state index contributed by atoms with van der Waals surface area (Å²) in [6.45, 7) is 10.9. The second-order valence-corrected chi connectivity index (χ2v) is 6.97. The molecular weight excluding hydrogens is 278 g/mol. The molecule has 2 fully saturated rings. The first-order valence-corrected chi connectivity index (χ1v) is 8.82. The molecular formula is C17H31N3O2. The molecule has 5 heteroatoms. The number of likely N-dealkylation sites (N-methyl/N-ethyl adjacent to an activating group) is 1. The summed E-state index contributed by atoms with van der Waals surface area (Å²) in [5.41, 5.74) is 0. The first-order valence-electron chi connectivity index (χ1n) is 8.82. The Hall–Kier alpha value is -1.10. The molecule has 1 aliphatic heterocycles. The summed E-state index contributed by atoms with van der Waals surface area (Å²) in [5, 5.41) is 2.99. The number of amides is 2. The molecule has 2 aliphatic rings.